The van der Waals surface area contributed by atoms with Crippen molar-refractivity contribution in [1.82, 2.24) is 15.1 Å². The Morgan fingerprint density at radius 1 is 1.33 bits per heavy atom. The number of hydrogen-bond donors (Lipinski definition) is 1. The number of carbonyl (C=O) groups excluding carboxylic acids is 1. The van der Waals surface area contributed by atoms with Crippen LogP contribution in [0.1, 0.15) is 19.8 Å². The van der Waals surface area contributed by atoms with Crippen LogP contribution in [0.4, 0.5) is 0 Å². The van der Waals surface area contributed by atoms with Gasteiger partial charge in [-0.2, -0.15) is 0 Å². The number of nitrogens with one attached hydrogen (secondary N) is 1. The summed E-state index contributed by atoms with van der Waals surface area (Å²) in [5.74, 6) is 0.272. The van der Waals surface area contributed by atoms with E-state index in [-0.39, 0.29) is 5.91 Å². The van der Waals surface area contributed by atoms with Crippen LogP contribution in [0.2, 0.25) is 0 Å². The maximum Gasteiger partial charge on any atom is 0.236 e. The molecule has 0 aromatic rings. The van der Waals surface area contributed by atoms with E-state index in [0.29, 0.717) is 12.6 Å². The smallest absolute Gasteiger partial charge is 0.236 e. The van der Waals surface area contributed by atoms with Crippen LogP contribution in [0.15, 0.2) is 0 Å². The normalized spacial score (nSPS) is 26.3. The zero-order valence-electron chi connectivity index (χ0n) is 11.4. The van der Waals surface area contributed by atoms with Crippen LogP contribution in [0.5, 0.6) is 0 Å². The fourth-order valence-corrected chi connectivity index (χ4v) is 2.73. The van der Waals surface area contributed by atoms with E-state index < -0.39 is 0 Å². The van der Waals surface area contributed by atoms with Crippen molar-refractivity contribution in [3.05, 3.63) is 0 Å². The molecule has 0 saturated carbocycles. The summed E-state index contributed by atoms with van der Waals surface area (Å²) in [5.41, 5.74) is 0. The van der Waals surface area contributed by atoms with Crippen molar-refractivity contribution in [2.24, 2.45) is 0 Å². The molecule has 1 amide bonds. The lowest BCUT2D eigenvalue weighted by Crippen LogP contribution is -2.51. The molecule has 0 aromatic carbocycles. The Kier molecular flexibility index (Phi) is 5.41. The molecule has 2 aliphatic rings. The monoisotopic (exact) mass is 255 g/mol. The summed E-state index contributed by atoms with van der Waals surface area (Å²) in [4.78, 5) is 16.4. The quantitative estimate of drug-likeness (QED) is 0.763. The Hall–Kier alpha value is -0.650. The van der Waals surface area contributed by atoms with E-state index in [1.165, 1.54) is 0 Å². The van der Waals surface area contributed by atoms with Gasteiger partial charge in [-0.25, -0.2) is 0 Å². The number of piperidine rings is 1. The Balaban J connectivity index is 1.75. The Morgan fingerprint density at radius 3 is 2.83 bits per heavy atom. The molecule has 0 aliphatic carbocycles. The summed E-state index contributed by atoms with van der Waals surface area (Å²) < 4.78 is 5.66. The first-order valence-electron chi connectivity index (χ1n) is 7.12. The molecule has 5 nitrogen and oxygen atoms in total. The van der Waals surface area contributed by atoms with E-state index in [2.05, 4.69) is 10.2 Å². The van der Waals surface area contributed by atoms with Crippen LogP contribution < -0.4 is 5.32 Å². The Labute approximate surface area is 109 Å². The number of amides is 1. The van der Waals surface area contributed by atoms with Gasteiger partial charge in [-0.3, -0.25) is 9.69 Å². The molecule has 0 bridgehead atoms. The highest BCUT2D eigenvalue weighted by molar-refractivity contribution is 5.78. The van der Waals surface area contributed by atoms with Crippen molar-refractivity contribution >= 4 is 5.91 Å². The second-order valence-corrected chi connectivity index (χ2v) is 5.09. The van der Waals surface area contributed by atoms with E-state index in [1.807, 2.05) is 11.8 Å². The Morgan fingerprint density at radius 2 is 2.11 bits per heavy atom. The highest BCUT2D eigenvalue weighted by atomic mass is 16.5. The first kappa shape index (κ1) is 13.8. The molecule has 2 fully saturated rings. The van der Waals surface area contributed by atoms with E-state index in [0.717, 1.165) is 58.7 Å². The molecule has 2 rings (SSSR count). The average molecular weight is 255 g/mol. The summed E-state index contributed by atoms with van der Waals surface area (Å²) in [6.45, 7) is 8.84. The molecule has 2 saturated heterocycles. The number of rotatable bonds is 4. The molecular weight excluding hydrogens is 230 g/mol. The van der Waals surface area contributed by atoms with Crippen LogP contribution in [0, 0.1) is 0 Å². The third kappa shape index (κ3) is 3.93. The zero-order valence-corrected chi connectivity index (χ0v) is 11.4. The topological polar surface area (TPSA) is 44.8 Å². The fraction of sp³-hybridized carbons (Fsp3) is 0.923. The first-order chi connectivity index (χ1) is 8.79. The van der Waals surface area contributed by atoms with Gasteiger partial charge in [0.05, 0.1) is 12.6 Å². The van der Waals surface area contributed by atoms with Crippen molar-refractivity contribution in [1.29, 1.82) is 0 Å². The summed E-state index contributed by atoms with van der Waals surface area (Å²) in [7, 11) is 0. The second kappa shape index (κ2) is 7.07. The van der Waals surface area contributed by atoms with Gasteiger partial charge in [0.1, 0.15) is 0 Å². The molecule has 2 aliphatic heterocycles. The van der Waals surface area contributed by atoms with E-state index in [1.54, 1.807) is 0 Å². The minimum absolute atomic E-state index is 0.272. The van der Waals surface area contributed by atoms with Crippen molar-refractivity contribution in [3.8, 4) is 0 Å². The van der Waals surface area contributed by atoms with Crippen molar-refractivity contribution in [2.75, 3.05) is 52.4 Å². The largest absolute Gasteiger partial charge is 0.377 e. The first-order valence-corrected chi connectivity index (χ1v) is 7.12. The van der Waals surface area contributed by atoms with E-state index >= 15 is 0 Å². The SMILES string of the molecule is CCOC1CCCN(CC(=O)N2CCNCC2)C1. The summed E-state index contributed by atoms with van der Waals surface area (Å²) in [5, 5.41) is 3.27. The molecule has 0 spiro atoms. The lowest BCUT2D eigenvalue weighted by molar-refractivity contribution is -0.133. The van der Waals surface area contributed by atoms with Gasteiger partial charge in [0.15, 0.2) is 0 Å². The minimum Gasteiger partial charge on any atom is -0.377 e. The molecule has 2 heterocycles. The molecule has 5 heteroatoms. The molecule has 104 valence electrons. The third-order valence-electron chi connectivity index (χ3n) is 3.69. The van der Waals surface area contributed by atoms with Gasteiger partial charge in [-0.05, 0) is 26.3 Å². The maximum absolute atomic E-state index is 12.1. The number of ether oxygens (including phenoxy) is 1. The molecule has 0 radical (unpaired) electrons. The molecule has 0 aromatic heterocycles. The highest BCUT2D eigenvalue weighted by Crippen LogP contribution is 2.13. The van der Waals surface area contributed by atoms with Crippen molar-refractivity contribution in [2.45, 2.75) is 25.9 Å². The van der Waals surface area contributed by atoms with Gasteiger partial charge in [-0.1, -0.05) is 0 Å². The number of hydrogen-bond acceptors (Lipinski definition) is 4. The average Bonchev–Trinajstić information content (AvgIpc) is 2.40. The van der Waals surface area contributed by atoms with Gasteiger partial charge < -0.3 is 15.0 Å². The van der Waals surface area contributed by atoms with Gasteiger partial charge in [0.25, 0.3) is 0 Å². The standard InChI is InChI=1S/C13H25N3O2/c1-2-18-12-4-3-7-15(10-12)11-13(17)16-8-5-14-6-9-16/h12,14H,2-11H2,1H3. The second-order valence-electron chi connectivity index (χ2n) is 5.09. The number of nitrogens with zero attached hydrogens (tertiary/aromatic N) is 2. The highest BCUT2D eigenvalue weighted by Gasteiger charge is 2.24. The van der Waals surface area contributed by atoms with E-state index in [9.17, 15) is 4.79 Å². The van der Waals surface area contributed by atoms with Crippen LogP contribution >= 0.6 is 0 Å². The van der Waals surface area contributed by atoms with E-state index in [4.69, 9.17) is 4.74 Å². The number of piperazine rings is 1. The number of likely N-dealkylation sites (tertiary alicyclic amines) is 1. The van der Waals surface area contributed by atoms with Crippen LogP contribution in [0.3, 0.4) is 0 Å². The van der Waals surface area contributed by atoms with Gasteiger partial charge in [0, 0.05) is 39.3 Å². The van der Waals surface area contributed by atoms with Crippen LogP contribution in [-0.4, -0.2) is 74.2 Å². The van der Waals surface area contributed by atoms with Crippen LogP contribution in [-0.2, 0) is 9.53 Å². The van der Waals surface area contributed by atoms with Crippen LogP contribution in [0.25, 0.3) is 0 Å². The third-order valence-corrected chi connectivity index (χ3v) is 3.69. The minimum atomic E-state index is 0.272. The molecule has 18 heavy (non-hydrogen) atoms. The van der Waals surface area contributed by atoms with Gasteiger partial charge >= 0.3 is 0 Å². The lowest BCUT2D eigenvalue weighted by Gasteiger charge is -2.34. The lowest BCUT2D eigenvalue weighted by atomic mass is 10.1. The summed E-state index contributed by atoms with van der Waals surface area (Å²) in [6, 6.07) is 0. The van der Waals surface area contributed by atoms with Gasteiger partial charge in [0.2, 0.25) is 5.91 Å². The molecule has 1 atom stereocenters. The van der Waals surface area contributed by atoms with Crippen molar-refractivity contribution < 1.29 is 9.53 Å². The molecule has 1 unspecified atom stereocenters. The summed E-state index contributed by atoms with van der Waals surface area (Å²) >= 11 is 0. The Bertz CT molecular complexity index is 265. The maximum atomic E-state index is 12.1. The molecule has 1 N–H and O–H groups in total. The summed E-state index contributed by atoms with van der Waals surface area (Å²) in [6.07, 6.45) is 2.59. The van der Waals surface area contributed by atoms with Gasteiger partial charge in [-0.15, -0.1) is 0 Å². The van der Waals surface area contributed by atoms with Crippen molar-refractivity contribution in [3.63, 3.8) is 0 Å². The molecular formula is C13H25N3O2. The fourth-order valence-electron chi connectivity index (χ4n) is 2.73. The predicted molar refractivity (Wildman–Crippen MR) is 70.5 cm³/mol. The zero-order chi connectivity index (χ0) is 12.8. The number of carbonyl (C=O) groups is 1. The predicted octanol–water partition coefficient (Wildman–Crippen LogP) is -0.0809.